The molecule has 1 aliphatic heterocycles. The molecule has 1 saturated heterocycles. The van der Waals surface area contributed by atoms with E-state index in [0.29, 0.717) is 0 Å². The van der Waals surface area contributed by atoms with Gasteiger partial charge in [0, 0.05) is 6.61 Å². The van der Waals surface area contributed by atoms with E-state index in [1.807, 2.05) is 0 Å². The standard InChI is InChI=1S/C12H23NO8/c1-12(20,2-3-14)4-7(16)13-8-10(18)9(17)6(5-15)21-11(8)19/h6,8-11,14-15,17-20H,2-5H2,1H3,(H,13,16)/t6-,8-,9+,10-,11+,12?/m1/s1. The van der Waals surface area contributed by atoms with E-state index in [9.17, 15) is 25.2 Å². The van der Waals surface area contributed by atoms with Crippen LogP contribution in [0.15, 0.2) is 0 Å². The molecule has 1 rings (SSSR count). The van der Waals surface area contributed by atoms with Crippen LogP contribution >= 0.6 is 0 Å². The molecule has 0 aliphatic carbocycles. The van der Waals surface area contributed by atoms with Crippen molar-refractivity contribution >= 4 is 5.91 Å². The van der Waals surface area contributed by atoms with E-state index in [4.69, 9.17) is 14.9 Å². The Morgan fingerprint density at radius 1 is 1.24 bits per heavy atom. The quantitative estimate of drug-likeness (QED) is 0.265. The first kappa shape index (κ1) is 18.2. The lowest BCUT2D eigenvalue weighted by Crippen LogP contribution is -2.64. The third-order valence-corrected chi connectivity index (χ3v) is 3.42. The molecule has 21 heavy (non-hydrogen) atoms. The molecule has 1 amide bonds. The third-order valence-electron chi connectivity index (χ3n) is 3.42. The zero-order valence-corrected chi connectivity index (χ0v) is 11.7. The number of carbonyl (C=O) groups excluding carboxylic acids is 1. The molecule has 1 aliphatic rings. The Balaban J connectivity index is 2.63. The molecule has 0 aromatic carbocycles. The average Bonchev–Trinajstić information content (AvgIpc) is 2.38. The first-order chi connectivity index (χ1) is 9.71. The van der Waals surface area contributed by atoms with Crippen molar-refractivity contribution in [2.75, 3.05) is 13.2 Å². The summed E-state index contributed by atoms with van der Waals surface area (Å²) in [5, 5.41) is 59.0. The van der Waals surface area contributed by atoms with Gasteiger partial charge in [-0.25, -0.2) is 0 Å². The molecule has 6 atom stereocenters. The summed E-state index contributed by atoms with van der Waals surface area (Å²) in [6.07, 6.45) is -6.13. The Labute approximate surface area is 121 Å². The van der Waals surface area contributed by atoms with Crippen LogP contribution in [0.25, 0.3) is 0 Å². The van der Waals surface area contributed by atoms with Crippen molar-refractivity contribution < 1.29 is 40.2 Å². The van der Waals surface area contributed by atoms with E-state index in [2.05, 4.69) is 5.32 Å². The Kier molecular flexibility index (Phi) is 6.47. The summed E-state index contributed by atoms with van der Waals surface area (Å²) in [5.41, 5.74) is -1.43. The van der Waals surface area contributed by atoms with E-state index >= 15 is 0 Å². The predicted octanol–water partition coefficient (Wildman–Crippen LogP) is -3.57. The van der Waals surface area contributed by atoms with Crippen LogP contribution in [-0.2, 0) is 9.53 Å². The van der Waals surface area contributed by atoms with Gasteiger partial charge in [-0.15, -0.1) is 0 Å². The lowest BCUT2D eigenvalue weighted by Gasteiger charge is -2.40. The fourth-order valence-corrected chi connectivity index (χ4v) is 2.17. The second-order valence-corrected chi connectivity index (χ2v) is 5.47. The highest BCUT2D eigenvalue weighted by atomic mass is 16.6. The van der Waals surface area contributed by atoms with Gasteiger partial charge >= 0.3 is 0 Å². The van der Waals surface area contributed by atoms with Crippen molar-refractivity contribution in [1.82, 2.24) is 5.32 Å². The van der Waals surface area contributed by atoms with Crippen LogP contribution in [0, 0.1) is 0 Å². The molecular weight excluding hydrogens is 286 g/mol. The third kappa shape index (κ3) is 4.85. The zero-order chi connectivity index (χ0) is 16.2. The molecule has 0 bridgehead atoms. The van der Waals surface area contributed by atoms with Gasteiger partial charge < -0.3 is 40.7 Å². The Morgan fingerprint density at radius 3 is 2.38 bits per heavy atom. The molecule has 1 unspecified atom stereocenters. The number of rotatable bonds is 6. The van der Waals surface area contributed by atoms with E-state index in [-0.39, 0.29) is 19.4 Å². The second-order valence-electron chi connectivity index (χ2n) is 5.47. The Bertz CT molecular complexity index is 350. The Hall–Kier alpha value is -0.810. The number of nitrogens with one attached hydrogen (secondary N) is 1. The van der Waals surface area contributed by atoms with E-state index in [1.165, 1.54) is 6.92 Å². The van der Waals surface area contributed by atoms with Gasteiger partial charge in [0.05, 0.1) is 18.6 Å². The van der Waals surface area contributed by atoms with Gasteiger partial charge in [-0.1, -0.05) is 0 Å². The van der Waals surface area contributed by atoms with Crippen LogP contribution < -0.4 is 5.32 Å². The summed E-state index contributed by atoms with van der Waals surface area (Å²) in [5.74, 6) is -0.685. The normalized spacial score (nSPS) is 36.0. The Morgan fingerprint density at radius 2 is 1.86 bits per heavy atom. The van der Waals surface area contributed by atoms with Crippen LogP contribution in [0.2, 0.25) is 0 Å². The van der Waals surface area contributed by atoms with Crippen molar-refractivity contribution in [2.45, 2.75) is 56.0 Å². The van der Waals surface area contributed by atoms with Crippen molar-refractivity contribution in [3.8, 4) is 0 Å². The van der Waals surface area contributed by atoms with Crippen molar-refractivity contribution in [3.63, 3.8) is 0 Å². The zero-order valence-electron chi connectivity index (χ0n) is 11.7. The van der Waals surface area contributed by atoms with Crippen LogP contribution in [0.5, 0.6) is 0 Å². The van der Waals surface area contributed by atoms with Gasteiger partial charge in [0.1, 0.15) is 24.4 Å². The number of aliphatic hydroxyl groups is 6. The topological polar surface area (TPSA) is 160 Å². The fraction of sp³-hybridized carbons (Fsp3) is 0.917. The lowest BCUT2D eigenvalue weighted by atomic mass is 9.95. The molecule has 1 fully saturated rings. The molecule has 0 radical (unpaired) electrons. The summed E-state index contributed by atoms with van der Waals surface area (Å²) in [7, 11) is 0. The van der Waals surface area contributed by atoms with Crippen LogP contribution in [0.3, 0.4) is 0 Å². The van der Waals surface area contributed by atoms with Gasteiger partial charge in [-0.05, 0) is 13.3 Å². The van der Waals surface area contributed by atoms with Gasteiger partial charge in [0.25, 0.3) is 0 Å². The lowest BCUT2D eigenvalue weighted by molar-refractivity contribution is -0.254. The monoisotopic (exact) mass is 309 g/mol. The summed E-state index contributed by atoms with van der Waals surface area (Å²) in [6, 6.07) is -1.29. The molecule has 0 aromatic heterocycles. The van der Waals surface area contributed by atoms with E-state index < -0.39 is 48.8 Å². The number of amides is 1. The van der Waals surface area contributed by atoms with Gasteiger partial charge in [0.2, 0.25) is 5.91 Å². The highest BCUT2D eigenvalue weighted by molar-refractivity contribution is 5.77. The van der Waals surface area contributed by atoms with Crippen LogP contribution in [0.1, 0.15) is 19.8 Å². The molecule has 9 heteroatoms. The van der Waals surface area contributed by atoms with Crippen molar-refractivity contribution in [3.05, 3.63) is 0 Å². The van der Waals surface area contributed by atoms with Crippen molar-refractivity contribution in [2.24, 2.45) is 0 Å². The fourth-order valence-electron chi connectivity index (χ4n) is 2.17. The molecule has 0 spiro atoms. The number of aliphatic hydroxyl groups excluding tert-OH is 5. The highest BCUT2D eigenvalue weighted by Crippen LogP contribution is 2.20. The maximum atomic E-state index is 11.8. The average molecular weight is 309 g/mol. The second kappa shape index (κ2) is 7.45. The maximum absolute atomic E-state index is 11.8. The number of carbonyl (C=O) groups is 1. The summed E-state index contributed by atoms with van der Waals surface area (Å²) < 4.78 is 4.89. The molecule has 1 heterocycles. The molecule has 9 nitrogen and oxygen atoms in total. The first-order valence-electron chi connectivity index (χ1n) is 6.65. The SMILES string of the molecule is CC(O)(CCO)CC(=O)N[C@@H]1[C@@H](O)[C@@H](O)[C@@H](CO)O[C@@H]1O. The van der Waals surface area contributed by atoms with Gasteiger partial charge in [-0.2, -0.15) is 0 Å². The number of hydrogen-bond donors (Lipinski definition) is 7. The van der Waals surface area contributed by atoms with E-state index in [0.717, 1.165) is 0 Å². The summed E-state index contributed by atoms with van der Waals surface area (Å²) >= 11 is 0. The molecule has 124 valence electrons. The minimum Gasteiger partial charge on any atom is -0.396 e. The van der Waals surface area contributed by atoms with Crippen LogP contribution in [-0.4, -0.2) is 86.0 Å². The number of hydrogen-bond acceptors (Lipinski definition) is 8. The minimum atomic E-state index is -1.60. The number of ether oxygens (including phenoxy) is 1. The minimum absolute atomic E-state index is 0.0120. The largest absolute Gasteiger partial charge is 0.396 e. The van der Waals surface area contributed by atoms with E-state index in [1.54, 1.807) is 0 Å². The molecule has 7 N–H and O–H groups in total. The molecule has 0 aromatic rings. The summed E-state index contributed by atoms with van der Waals surface area (Å²) in [6.45, 7) is 0.472. The highest BCUT2D eigenvalue weighted by Gasteiger charge is 2.44. The smallest absolute Gasteiger partial charge is 0.223 e. The van der Waals surface area contributed by atoms with Crippen LogP contribution in [0.4, 0.5) is 0 Å². The molecular formula is C12H23NO8. The maximum Gasteiger partial charge on any atom is 0.223 e. The summed E-state index contributed by atoms with van der Waals surface area (Å²) in [4.78, 5) is 11.8. The molecule has 0 saturated carbocycles. The predicted molar refractivity (Wildman–Crippen MR) is 68.9 cm³/mol. The van der Waals surface area contributed by atoms with Crippen molar-refractivity contribution in [1.29, 1.82) is 0 Å². The van der Waals surface area contributed by atoms with Gasteiger partial charge in [0.15, 0.2) is 6.29 Å². The van der Waals surface area contributed by atoms with Gasteiger partial charge in [-0.3, -0.25) is 4.79 Å². The first-order valence-corrected chi connectivity index (χ1v) is 6.65.